The molecule has 1 N–H and O–H groups in total. The minimum Gasteiger partial charge on any atom is -0.316 e. The lowest BCUT2D eigenvalue weighted by atomic mass is 9.66. The Kier molecular flexibility index (Phi) is 3.63. The van der Waals surface area contributed by atoms with Crippen LogP contribution in [0.4, 0.5) is 0 Å². The van der Waals surface area contributed by atoms with Crippen LogP contribution in [0.2, 0.25) is 0 Å². The summed E-state index contributed by atoms with van der Waals surface area (Å²) < 4.78 is 24.3. The third-order valence-corrected chi connectivity index (χ3v) is 6.89. The maximum Gasteiger partial charge on any atom is 0.150 e. The van der Waals surface area contributed by atoms with E-state index in [4.69, 9.17) is 0 Å². The predicted molar refractivity (Wildman–Crippen MR) is 81.7 cm³/mol. The second-order valence-corrected chi connectivity index (χ2v) is 8.66. The molecule has 2 saturated heterocycles. The number of hydrogen-bond acceptors (Lipinski definition) is 3. The molecule has 2 atom stereocenters. The van der Waals surface area contributed by atoms with Crippen LogP contribution in [0.1, 0.15) is 36.3 Å². The van der Waals surface area contributed by atoms with Crippen LogP contribution >= 0.6 is 0 Å². The first-order valence-corrected chi connectivity index (χ1v) is 9.31. The van der Waals surface area contributed by atoms with Crippen molar-refractivity contribution in [2.75, 3.05) is 24.6 Å². The van der Waals surface area contributed by atoms with Crippen LogP contribution in [0, 0.1) is 12.3 Å². The lowest BCUT2D eigenvalue weighted by Crippen LogP contribution is -2.49. The number of nitrogens with one attached hydrogen (secondary N) is 1. The summed E-state index contributed by atoms with van der Waals surface area (Å²) in [5.74, 6) is 1.08. The Hall–Kier alpha value is -0.870. The van der Waals surface area contributed by atoms with Crippen molar-refractivity contribution in [1.29, 1.82) is 0 Å². The van der Waals surface area contributed by atoms with Gasteiger partial charge in [-0.3, -0.25) is 0 Å². The van der Waals surface area contributed by atoms with Crippen LogP contribution in [0.5, 0.6) is 0 Å². The highest BCUT2D eigenvalue weighted by Crippen LogP contribution is 2.47. The molecule has 0 saturated carbocycles. The van der Waals surface area contributed by atoms with Crippen LogP contribution in [-0.2, 0) is 9.84 Å². The van der Waals surface area contributed by atoms with Crippen molar-refractivity contribution in [2.24, 2.45) is 5.41 Å². The lowest BCUT2D eigenvalue weighted by molar-refractivity contribution is 0.168. The standard InChI is InChI=1S/C16H23NO2S/c1-13-4-2-5-14(10-13)15-11-17-8-7-16(15)6-3-9-20(18,19)12-16/h2,4-5,10,15,17H,3,6-9,11-12H2,1H3. The highest BCUT2D eigenvalue weighted by atomic mass is 32.2. The zero-order chi connectivity index (χ0) is 14.2. The van der Waals surface area contributed by atoms with E-state index in [2.05, 4.69) is 36.5 Å². The van der Waals surface area contributed by atoms with Gasteiger partial charge in [0.15, 0.2) is 9.84 Å². The fraction of sp³-hybridized carbons (Fsp3) is 0.625. The molecule has 3 nitrogen and oxygen atoms in total. The molecule has 0 aromatic heterocycles. The monoisotopic (exact) mass is 293 g/mol. The Balaban J connectivity index is 1.99. The van der Waals surface area contributed by atoms with Gasteiger partial charge in [-0.15, -0.1) is 0 Å². The molecule has 2 aliphatic rings. The fourth-order valence-electron chi connectivity index (χ4n) is 4.03. The van der Waals surface area contributed by atoms with Gasteiger partial charge in [0.1, 0.15) is 0 Å². The molecule has 4 heteroatoms. The van der Waals surface area contributed by atoms with Crippen LogP contribution in [-0.4, -0.2) is 33.0 Å². The third kappa shape index (κ3) is 2.63. The molecule has 2 unspecified atom stereocenters. The molecule has 2 heterocycles. The van der Waals surface area contributed by atoms with E-state index in [9.17, 15) is 8.42 Å². The van der Waals surface area contributed by atoms with Gasteiger partial charge in [0.25, 0.3) is 0 Å². The average molecular weight is 293 g/mol. The van der Waals surface area contributed by atoms with E-state index in [-0.39, 0.29) is 5.41 Å². The van der Waals surface area contributed by atoms with Gasteiger partial charge in [0.05, 0.1) is 11.5 Å². The first-order chi connectivity index (χ1) is 9.51. The van der Waals surface area contributed by atoms with Gasteiger partial charge >= 0.3 is 0 Å². The van der Waals surface area contributed by atoms with Crippen LogP contribution in [0.3, 0.4) is 0 Å². The smallest absolute Gasteiger partial charge is 0.150 e. The Morgan fingerprint density at radius 3 is 2.90 bits per heavy atom. The van der Waals surface area contributed by atoms with E-state index >= 15 is 0 Å². The van der Waals surface area contributed by atoms with Crippen molar-refractivity contribution in [3.8, 4) is 0 Å². The molecule has 2 fully saturated rings. The van der Waals surface area contributed by atoms with Crippen molar-refractivity contribution in [2.45, 2.75) is 32.1 Å². The van der Waals surface area contributed by atoms with Gasteiger partial charge in [-0.25, -0.2) is 8.42 Å². The molecular weight excluding hydrogens is 270 g/mol. The zero-order valence-corrected chi connectivity index (χ0v) is 12.9. The van der Waals surface area contributed by atoms with E-state index in [0.717, 1.165) is 32.4 Å². The molecular formula is C16H23NO2S. The quantitative estimate of drug-likeness (QED) is 0.864. The maximum atomic E-state index is 12.1. The van der Waals surface area contributed by atoms with Gasteiger partial charge in [-0.1, -0.05) is 29.8 Å². The summed E-state index contributed by atoms with van der Waals surface area (Å²) in [6, 6.07) is 8.57. The molecule has 3 rings (SSSR count). The third-order valence-electron chi connectivity index (χ3n) is 4.97. The largest absolute Gasteiger partial charge is 0.316 e. The topological polar surface area (TPSA) is 46.2 Å². The van der Waals surface area contributed by atoms with E-state index < -0.39 is 9.84 Å². The molecule has 1 spiro atoms. The zero-order valence-electron chi connectivity index (χ0n) is 12.1. The molecule has 0 bridgehead atoms. The summed E-state index contributed by atoms with van der Waals surface area (Å²) in [4.78, 5) is 0. The van der Waals surface area contributed by atoms with Crippen molar-refractivity contribution < 1.29 is 8.42 Å². The van der Waals surface area contributed by atoms with Crippen LogP contribution in [0.25, 0.3) is 0 Å². The van der Waals surface area contributed by atoms with E-state index in [1.54, 1.807) is 0 Å². The predicted octanol–water partition coefficient (Wildman–Crippen LogP) is 2.27. The molecule has 20 heavy (non-hydrogen) atoms. The highest BCUT2D eigenvalue weighted by molar-refractivity contribution is 7.91. The highest BCUT2D eigenvalue weighted by Gasteiger charge is 2.46. The van der Waals surface area contributed by atoms with Crippen LogP contribution in [0.15, 0.2) is 24.3 Å². The second-order valence-electron chi connectivity index (χ2n) is 6.48. The molecule has 0 amide bonds. The number of rotatable bonds is 1. The number of sulfone groups is 1. The van der Waals surface area contributed by atoms with Gasteiger partial charge < -0.3 is 5.32 Å². The minimum absolute atomic E-state index is 0.0455. The van der Waals surface area contributed by atoms with Crippen LogP contribution < -0.4 is 5.32 Å². The maximum absolute atomic E-state index is 12.1. The van der Waals surface area contributed by atoms with E-state index in [1.807, 2.05) is 0 Å². The lowest BCUT2D eigenvalue weighted by Gasteiger charge is -2.47. The number of aryl methyl sites for hydroxylation is 1. The Morgan fingerprint density at radius 2 is 2.15 bits per heavy atom. The molecule has 1 aromatic rings. The van der Waals surface area contributed by atoms with Crippen molar-refractivity contribution in [1.82, 2.24) is 5.32 Å². The van der Waals surface area contributed by atoms with E-state index in [0.29, 0.717) is 17.4 Å². The minimum atomic E-state index is -2.87. The first kappa shape index (κ1) is 14.1. The van der Waals surface area contributed by atoms with Crippen molar-refractivity contribution in [3.05, 3.63) is 35.4 Å². The number of piperidine rings is 1. The normalized spacial score (nSPS) is 33.1. The summed E-state index contributed by atoms with van der Waals surface area (Å²) in [5, 5.41) is 3.46. The molecule has 0 radical (unpaired) electrons. The molecule has 2 aliphatic heterocycles. The summed E-state index contributed by atoms with van der Waals surface area (Å²) in [6.45, 7) is 3.95. The van der Waals surface area contributed by atoms with Gasteiger partial charge in [-0.2, -0.15) is 0 Å². The van der Waals surface area contributed by atoms with Crippen molar-refractivity contribution in [3.63, 3.8) is 0 Å². The average Bonchev–Trinajstić information content (AvgIpc) is 2.37. The summed E-state index contributed by atoms with van der Waals surface area (Å²) in [5.41, 5.74) is 2.51. The van der Waals surface area contributed by atoms with Gasteiger partial charge in [0, 0.05) is 12.5 Å². The molecule has 0 aliphatic carbocycles. The summed E-state index contributed by atoms with van der Waals surface area (Å²) in [6.07, 6.45) is 2.85. The van der Waals surface area contributed by atoms with Gasteiger partial charge in [-0.05, 0) is 43.7 Å². The summed E-state index contributed by atoms with van der Waals surface area (Å²) in [7, 11) is -2.87. The molecule has 110 valence electrons. The Morgan fingerprint density at radius 1 is 1.30 bits per heavy atom. The first-order valence-electron chi connectivity index (χ1n) is 7.49. The second kappa shape index (κ2) is 5.15. The SMILES string of the molecule is Cc1cccc(C2CNCCC23CCCS(=O)(=O)C3)c1. The summed E-state index contributed by atoms with van der Waals surface area (Å²) >= 11 is 0. The Labute approximate surface area is 121 Å². The van der Waals surface area contributed by atoms with Crippen molar-refractivity contribution >= 4 is 9.84 Å². The Bertz CT molecular complexity index is 592. The van der Waals surface area contributed by atoms with E-state index in [1.165, 1.54) is 11.1 Å². The number of benzene rings is 1. The number of hydrogen-bond donors (Lipinski definition) is 1. The fourth-order valence-corrected chi connectivity index (χ4v) is 6.13. The van der Waals surface area contributed by atoms with Gasteiger partial charge in [0.2, 0.25) is 0 Å². The molecule has 1 aromatic carbocycles.